The molecule has 1 heterocycles. The predicted octanol–water partition coefficient (Wildman–Crippen LogP) is 3.69. The van der Waals surface area contributed by atoms with E-state index in [1.807, 2.05) is 39.0 Å². The van der Waals surface area contributed by atoms with Gasteiger partial charge in [-0.1, -0.05) is 32.4 Å². The molecule has 0 spiro atoms. The molecule has 1 N–H and O–H groups in total. The molecule has 0 bridgehead atoms. The topological polar surface area (TPSA) is 58.6 Å². The number of amides is 2. The fourth-order valence-electron chi connectivity index (χ4n) is 3.38. The van der Waals surface area contributed by atoms with E-state index >= 15 is 0 Å². The molecule has 144 valence electrons. The van der Waals surface area contributed by atoms with E-state index in [1.165, 1.54) is 0 Å². The summed E-state index contributed by atoms with van der Waals surface area (Å²) in [6.45, 7) is 9.33. The summed E-state index contributed by atoms with van der Waals surface area (Å²) in [5, 5.41) is 2.96. The van der Waals surface area contributed by atoms with Gasteiger partial charge in [-0.3, -0.25) is 9.59 Å². The van der Waals surface area contributed by atoms with Crippen LogP contribution in [0.3, 0.4) is 0 Å². The number of rotatable bonds is 8. The smallest absolute Gasteiger partial charge is 0.244 e. The van der Waals surface area contributed by atoms with Crippen molar-refractivity contribution < 1.29 is 14.3 Å². The van der Waals surface area contributed by atoms with Gasteiger partial charge in [-0.2, -0.15) is 0 Å². The molecule has 0 saturated carbocycles. The number of ether oxygens (including phenoxy) is 1. The third kappa shape index (κ3) is 5.56. The van der Waals surface area contributed by atoms with E-state index in [0.717, 1.165) is 49.1 Å². The van der Waals surface area contributed by atoms with Gasteiger partial charge in [-0.05, 0) is 50.3 Å². The molecule has 2 amide bonds. The van der Waals surface area contributed by atoms with Crippen LogP contribution in [-0.2, 0) is 14.3 Å². The quantitative estimate of drug-likeness (QED) is 0.769. The number of hydrogen-bond acceptors (Lipinski definition) is 3. The second-order valence-electron chi connectivity index (χ2n) is 7.34. The molecular weight excluding hydrogens is 328 g/mol. The first-order chi connectivity index (χ1) is 12.4. The number of carbonyl (C=O) groups excluding carboxylic acids is 2. The van der Waals surface area contributed by atoms with E-state index < -0.39 is 0 Å². The molecule has 2 rings (SSSR count). The van der Waals surface area contributed by atoms with Gasteiger partial charge in [0.2, 0.25) is 11.8 Å². The molecule has 5 heteroatoms. The summed E-state index contributed by atoms with van der Waals surface area (Å²) >= 11 is 0. The lowest BCUT2D eigenvalue weighted by Gasteiger charge is -2.27. The minimum absolute atomic E-state index is 0.0402. The zero-order chi connectivity index (χ0) is 19.1. The summed E-state index contributed by atoms with van der Waals surface area (Å²) in [6.07, 6.45) is 3.80. The van der Waals surface area contributed by atoms with Crippen LogP contribution >= 0.6 is 0 Å². The Morgan fingerprint density at radius 3 is 2.77 bits per heavy atom. The van der Waals surface area contributed by atoms with Crippen LogP contribution in [0.15, 0.2) is 18.2 Å². The fourth-order valence-corrected chi connectivity index (χ4v) is 3.38. The largest absolute Gasteiger partial charge is 0.376 e. The van der Waals surface area contributed by atoms with Gasteiger partial charge in [0, 0.05) is 24.8 Å². The van der Waals surface area contributed by atoms with Gasteiger partial charge in [0.25, 0.3) is 0 Å². The highest BCUT2D eigenvalue weighted by Crippen LogP contribution is 2.19. The standard InChI is InChI=1S/C21H32N2O3/c1-5-8-16(3)21(25)23(13-18-10-7-12-26-18)14-20(24)22-19-11-6-9-15(2)17(19)4/h6,9,11,16,18H,5,7-8,10,12-14H2,1-4H3,(H,22,24). The van der Waals surface area contributed by atoms with Crippen molar-refractivity contribution in [3.63, 3.8) is 0 Å². The summed E-state index contributed by atoms with van der Waals surface area (Å²) in [4.78, 5) is 27.1. The van der Waals surface area contributed by atoms with Crippen molar-refractivity contribution in [2.24, 2.45) is 5.92 Å². The van der Waals surface area contributed by atoms with Crippen molar-refractivity contribution in [3.8, 4) is 0 Å². The zero-order valence-corrected chi connectivity index (χ0v) is 16.5. The van der Waals surface area contributed by atoms with E-state index in [-0.39, 0.29) is 30.4 Å². The Bertz CT molecular complexity index is 624. The van der Waals surface area contributed by atoms with Gasteiger partial charge >= 0.3 is 0 Å². The fraction of sp³-hybridized carbons (Fsp3) is 0.619. The number of aryl methyl sites for hydroxylation is 1. The molecule has 1 aliphatic heterocycles. The number of hydrogen-bond donors (Lipinski definition) is 1. The lowest BCUT2D eigenvalue weighted by Crippen LogP contribution is -2.44. The number of benzene rings is 1. The first-order valence-electron chi connectivity index (χ1n) is 9.68. The SMILES string of the molecule is CCCC(C)C(=O)N(CC(=O)Nc1cccc(C)c1C)CC1CCCO1. The van der Waals surface area contributed by atoms with Gasteiger partial charge in [0.05, 0.1) is 12.6 Å². The van der Waals surface area contributed by atoms with Crippen LogP contribution in [0, 0.1) is 19.8 Å². The average molecular weight is 360 g/mol. The summed E-state index contributed by atoms with van der Waals surface area (Å²) < 4.78 is 5.68. The van der Waals surface area contributed by atoms with Crippen molar-refractivity contribution in [2.45, 2.75) is 59.5 Å². The maximum Gasteiger partial charge on any atom is 0.244 e. The molecular formula is C21H32N2O3. The summed E-state index contributed by atoms with van der Waals surface area (Å²) in [5.74, 6) is -0.192. The number of anilines is 1. The van der Waals surface area contributed by atoms with Crippen LogP contribution in [0.5, 0.6) is 0 Å². The molecule has 0 aliphatic carbocycles. The first kappa shape index (κ1) is 20.4. The van der Waals surface area contributed by atoms with Crippen molar-refractivity contribution in [3.05, 3.63) is 29.3 Å². The Morgan fingerprint density at radius 2 is 2.12 bits per heavy atom. The summed E-state index contributed by atoms with van der Waals surface area (Å²) in [6, 6.07) is 5.84. The van der Waals surface area contributed by atoms with Gasteiger partial charge in [-0.15, -0.1) is 0 Å². The molecule has 5 nitrogen and oxygen atoms in total. The molecule has 2 atom stereocenters. The van der Waals surface area contributed by atoms with Crippen LogP contribution in [0.25, 0.3) is 0 Å². The Hall–Kier alpha value is -1.88. The zero-order valence-electron chi connectivity index (χ0n) is 16.5. The summed E-state index contributed by atoms with van der Waals surface area (Å²) in [5.41, 5.74) is 2.99. The first-order valence-corrected chi connectivity index (χ1v) is 9.68. The monoisotopic (exact) mass is 360 g/mol. The number of carbonyl (C=O) groups is 2. The van der Waals surface area contributed by atoms with Crippen LogP contribution in [0.2, 0.25) is 0 Å². The second-order valence-corrected chi connectivity index (χ2v) is 7.34. The minimum Gasteiger partial charge on any atom is -0.376 e. The molecule has 1 saturated heterocycles. The lowest BCUT2D eigenvalue weighted by molar-refractivity contribution is -0.139. The Morgan fingerprint density at radius 1 is 1.35 bits per heavy atom. The highest BCUT2D eigenvalue weighted by molar-refractivity contribution is 5.95. The van der Waals surface area contributed by atoms with Crippen molar-refractivity contribution >= 4 is 17.5 Å². The van der Waals surface area contributed by atoms with Gasteiger partial charge in [0.1, 0.15) is 0 Å². The maximum atomic E-state index is 12.8. The third-order valence-electron chi connectivity index (χ3n) is 5.12. The number of nitrogens with zero attached hydrogens (tertiary/aromatic N) is 1. The van der Waals surface area contributed by atoms with Crippen molar-refractivity contribution in [1.29, 1.82) is 0 Å². The molecule has 1 aromatic carbocycles. The number of nitrogens with one attached hydrogen (secondary N) is 1. The second kappa shape index (κ2) is 9.72. The van der Waals surface area contributed by atoms with Gasteiger partial charge in [0.15, 0.2) is 0 Å². The Balaban J connectivity index is 2.05. The molecule has 26 heavy (non-hydrogen) atoms. The van der Waals surface area contributed by atoms with E-state index in [9.17, 15) is 9.59 Å². The van der Waals surface area contributed by atoms with E-state index in [1.54, 1.807) is 4.90 Å². The molecule has 1 aliphatic rings. The van der Waals surface area contributed by atoms with Crippen LogP contribution < -0.4 is 5.32 Å². The lowest BCUT2D eigenvalue weighted by atomic mass is 10.0. The van der Waals surface area contributed by atoms with Crippen LogP contribution in [0.4, 0.5) is 5.69 Å². The Labute approximate surface area is 157 Å². The molecule has 0 radical (unpaired) electrons. The molecule has 2 unspecified atom stereocenters. The highest BCUT2D eigenvalue weighted by Gasteiger charge is 2.27. The van der Waals surface area contributed by atoms with Gasteiger partial charge in [-0.25, -0.2) is 0 Å². The van der Waals surface area contributed by atoms with Crippen LogP contribution in [-0.4, -0.2) is 42.5 Å². The van der Waals surface area contributed by atoms with E-state index in [2.05, 4.69) is 12.2 Å². The highest BCUT2D eigenvalue weighted by atomic mass is 16.5. The van der Waals surface area contributed by atoms with Crippen LogP contribution in [0.1, 0.15) is 50.7 Å². The maximum absolute atomic E-state index is 12.8. The van der Waals surface area contributed by atoms with Crippen molar-refractivity contribution in [1.82, 2.24) is 4.90 Å². The molecule has 1 fully saturated rings. The third-order valence-corrected chi connectivity index (χ3v) is 5.12. The minimum atomic E-state index is -0.159. The summed E-state index contributed by atoms with van der Waals surface area (Å²) in [7, 11) is 0. The Kier molecular flexibility index (Phi) is 7.64. The average Bonchev–Trinajstić information content (AvgIpc) is 3.11. The molecule has 0 aromatic heterocycles. The molecule has 1 aromatic rings. The van der Waals surface area contributed by atoms with Crippen molar-refractivity contribution in [2.75, 3.05) is 25.0 Å². The van der Waals surface area contributed by atoms with Gasteiger partial charge < -0.3 is 15.0 Å². The normalized spacial score (nSPS) is 17.8. The predicted molar refractivity (Wildman–Crippen MR) is 104 cm³/mol. The van der Waals surface area contributed by atoms with E-state index in [4.69, 9.17) is 4.74 Å². The van der Waals surface area contributed by atoms with E-state index in [0.29, 0.717) is 6.54 Å².